The molecule has 0 atom stereocenters. The molecule has 0 aliphatic carbocycles. The molecule has 82 valence electrons. The van der Waals surface area contributed by atoms with Gasteiger partial charge in [-0.05, 0) is 18.2 Å². The Morgan fingerprint density at radius 1 is 1.24 bits per heavy atom. The lowest BCUT2D eigenvalue weighted by molar-refractivity contribution is 1.17. The maximum Gasteiger partial charge on any atom is 0.101 e. The molecule has 1 heterocycles. The van der Waals surface area contributed by atoms with Gasteiger partial charge in [-0.3, -0.25) is 4.98 Å². The van der Waals surface area contributed by atoms with E-state index in [1.54, 1.807) is 41.2 Å². The number of rotatable bonds is 3. The molecule has 2 aromatic rings. The fourth-order valence-electron chi connectivity index (χ4n) is 1.36. The van der Waals surface area contributed by atoms with Crippen LogP contribution in [0.1, 0.15) is 16.0 Å². The van der Waals surface area contributed by atoms with Crippen molar-refractivity contribution in [2.75, 3.05) is 5.32 Å². The number of nitrogens with zero attached hydrogens (tertiary/aromatic N) is 3. The highest BCUT2D eigenvalue weighted by atomic mass is 32.1. The summed E-state index contributed by atoms with van der Waals surface area (Å²) in [7, 11) is 0. The summed E-state index contributed by atoms with van der Waals surface area (Å²) in [6.07, 6.45) is 1.80. The summed E-state index contributed by atoms with van der Waals surface area (Å²) in [5, 5.41) is 20.9. The van der Waals surface area contributed by atoms with Crippen LogP contribution >= 0.6 is 11.3 Å². The van der Waals surface area contributed by atoms with E-state index in [4.69, 9.17) is 10.5 Å². The van der Waals surface area contributed by atoms with Crippen LogP contribution < -0.4 is 5.32 Å². The summed E-state index contributed by atoms with van der Waals surface area (Å²) in [6, 6.07) is 9.11. The van der Waals surface area contributed by atoms with Crippen LogP contribution in [0, 0.1) is 22.7 Å². The Balaban J connectivity index is 2.13. The molecule has 0 aliphatic heterocycles. The van der Waals surface area contributed by atoms with Gasteiger partial charge in [-0.1, -0.05) is 0 Å². The number of nitriles is 2. The van der Waals surface area contributed by atoms with Crippen LogP contribution in [0.2, 0.25) is 0 Å². The lowest BCUT2D eigenvalue weighted by Crippen LogP contribution is -1.98. The molecular weight excluding hydrogens is 232 g/mol. The van der Waals surface area contributed by atoms with Gasteiger partial charge in [0.15, 0.2) is 0 Å². The highest BCUT2D eigenvalue weighted by molar-refractivity contribution is 7.09. The van der Waals surface area contributed by atoms with Gasteiger partial charge in [-0.25, -0.2) is 0 Å². The Morgan fingerprint density at radius 3 is 2.71 bits per heavy atom. The molecule has 0 radical (unpaired) electrons. The van der Waals surface area contributed by atoms with E-state index >= 15 is 0 Å². The first-order valence-corrected chi connectivity index (χ1v) is 5.77. The van der Waals surface area contributed by atoms with E-state index in [2.05, 4.69) is 10.3 Å². The lowest BCUT2D eigenvalue weighted by atomic mass is 10.1. The van der Waals surface area contributed by atoms with Crippen LogP contribution in [0.5, 0.6) is 0 Å². The number of hydrogen-bond acceptors (Lipinski definition) is 5. The zero-order valence-corrected chi connectivity index (χ0v) is 9.66. The topological polar surface area (TPSA) is 72.5 Å². The number of nitrogens with one attached hydrogen (secondary N) is 1. The van der Waals surface area contributed by atoms with Crippen molar-refractivity contribution in [3.63, 3.8) is 0 Å². The van der Waals surface area contributed by atoms with E-state index in [0.717, 1.165) is 10.6 Å². The smallest absolute Gasteiger partial charge is 0.101 e. The van der Waals surface area contributed by atoms with Crippen LogP contribution in [0.3, 0.4) is 0 Å². The van der Waals surface area contributed by atoms with E-state index in [-0.39, 0.29) is 0 Å². The largest absolute Gasteiger partial charge is 0.380 e. The van der Waals surface area contributed by atoms with Crippen LogP contribution in [0.15, 0.2) is 29.9 Å². The van der Waals surface area contributed by atoms with Crippen molar-refractivity contribution in [1.29, 1.82) is 10.5 Å². The van der Waals surface area contributed by atoms with E-state index in [0.29, 0.717) is 17.7 Å². The lowest BCUT2D eigenvalue weighted by Gasteiger charge is -2.05. The molecule has 0 unspecified atom stereocenters. The minimum Gasteiger partial charge on any atom is -0.380 e. The summed E-state index contributed by atoms with van der Waals surface area (Å²) in [5.41, 5.74) is 3.39. The molecule has 1 aromatic carbocycles. The summed E-state index contributed by atoms with van der Waals surface area (Å²) >= 11 is 1.57. The fraction of sp³-hybridized carbons (Fsp3) is 0.0833. The minimum absolute atomic E-state index is 0.391. The second-order valence-corrected chi connectivity index (χ2v) is 4.28. The second kappa shape index (κ2) is 5.11. The molecule has 17 heavy (non-hydrogen) atoms. The molecule has 0 amide bonds. The predicted octanol–water partition coefficient (Wildman–Crippen LogP) is 2.50. The van der Waals surface area contributed by atoms with Crippen LogP contribution in [0.4, 0.5) is 5.69 Å². The normalized spacial score (nSPS) is 9.29. The Bertz CT molecular complexity index is 590. The molecule has 0 spiro atoms. The van der Waals surface area contributed by atoms with Gasteiger partial charge in [0.1, 0.15) is 12.1 Å². The molecule has 0 bridgehead atoms. The van der Waals surface area contributed by atoms with Crippen molar-refractivity contribution in [3.8, 4) is 12.1 Å². The molecule has 5 heteroatoms. The summed E-state index contributed by atoms with van der Waals surface area (Å²) in [5.74, 6) is 0. The van der Waals surface area contributed by atoms with Gasteiger partial charge in [-0.15, -0.1) is 11.3 Å². The minimum atomic E-state index is 0.391. The van der Waals surface area contributed by atoms with Crippen LogP contribution in [-0.4, -0.2) is 4.98 Å². The zero-order valence-electron chi connectivity index (χ0n) is 8.84. The Labute approximate surface area is 103 Å². The van der Waals surface area contributed by atoms with Crippen molar-refractivity contribution < 1.29 is 0 Å². The molecule has 2 rings (SSSR count). The standard InChI is InChI=1S/C12H8N4S/c13-4-9-1-2-11(3-10(9)5-14)16-7-12-6-15-8-17-12/h1-3,6,8,16H,7H2. The Hall–Kier alpha value is -2.37. The molecule has 1 aromatic heterocycles. The van der Waals surface area contributed by atoms with Crippen LogP contribution in [0.25, 0.3) is 0 Å². The second-order valence-electron chi connectivity index (χ2n) is 3.31. The fourth-order valence-corrected chi connectivity index (χ4v) is 1.90. The van der Waals surface area contributed by atoms with Gasteiger partial charge < -0.3 is 5.32 Å². The average Bonchev–Trinajstić information content (AvgIpc) is 2.89. The molecular formula is C12H8N4S. The summed E-state index contributed by atoms with van der Waals surface area (Å²) in [6.45, 7) is 0.668. The first kappa shape index (κ1) is 11.1. The maximum atomic E-state index is 8.89. The monoisotopic (exact) mass is 240 g/mol. The van der Waals surface area contributed by atoms with Crippen molar-refractivity contribution in [2.45, 2.75) is 6.54 Å². The van der Waals surface area contributed by atoms with E-state index < -0.39 is 0 Å². The van der Waals surface area contributed by atoms with Crippen molar-refractivity contribution >= 4 is 17.0 Å². The summed E-state index contributed by atoms with van der Waals surface area (Å²) in [4.78, 5) is 5.10. The SMILES string of the molecule is N#Cc1ccc(NCc2cncs2)cc1C#N. The number of thiazole rings is 1. The number of anilines is 1. The Morgan fingerprint density at radius 2 is 2.06 bits per heavy atom. The number of benzene rings is 1. The molecule has 0 saturated carbocycles. The number of hydrogen-bond donors (Lipinski definition) is 1. The van der Waals surface area contributed by atoms with Gasteiger partial charge in [0.05, 0.1) is 23.2 Å². The van der Waals surface area contributed by atoms with Gasteiger partial charge in [0.2, 0.25) is 0 Å². The van der Waals surface area contributed by atoms with Crippen molar-refractivity contribution in [1.82, 2.24) is 4.98 Å². The maximum absolute atomic E-state index is 8.89. The molecule has 4 nitrogen and oxygen atoms in total. The van der Waals surface area contributed by atoms with Crippen molar-refractivity contribution in [3.05, 3.63) is 45.9 Å². The first-order valence-electron chi connectivity index (χ1n) is 4.89. The van der Waals surface area contributed by atoms with Gasteiger partial charge >= 0.3 is 0 Å². The van der Waals surface area contributed by atoms with Crippen LogP contribution in [-0.2, 0) is 6.54 Å². The van der Waals surface area contributed by atoms with E-state index in [1.807, 2.05) is 12.1 Å². The first-order chi connectivity index (χ1) is 8.33. The molecule has 0 fully saturated rings. The van der Waals surface area contributed by atoms with Crippen molar-refractivity contribution in [2.24, 2.45) is 0 Å². The third-order valence-corrected chi connectivity index (χ3v) is 2.99. The molecule has 0 aliphatic rings. The van der Waals surface area contributed by atoms with E-state index in [1.165, 1.54) is 0 Å². The Kier molecular flexibility index (Phi) is 3.34. The third kappa shape index (κ3) is 2.60. The zero-order chi connectivity index (χ0) is 12.1. The van der Waals surface area contributed by atoms with Gasteiger partial charge in [0, 0.05) is 16.8 Å². The molecule has 0 saturated heterocycles. The third-order valence-electron chi connectivity index (χ3n) is 2.21. The van der Waals surface area contributed by atoms with Gasteiger partial charge in [-0.2, -0.15) is 10.5 Å². The quantitative estimate of drug-likeness (QED) is 0.894. The highest BCUT2D eigenvalue weighted by Gasteiger charge is 2.02. The predicted molar refractivity (Wildman–Crippen MR) is 65.3 cm³/mol. The molecule has 1 N–H and O–H groups in total. The van der Waals surface area contributed by atoms with E-state index in [9.17, 15) is 0 Å². The highest BCUT2D eigenvalue weighted by Crippen LogP contribution is 2.16. The number of aromatic nitrogens is 1. The van der Waals surface area contributed by atoms with Gasteiger partial charge in [0.25, 0.3) is 0 Å². The summed E-state index contributed by atoms with van der Waals surface area (Å²) < 4.78 is 0. The average molecular weight is 240 g/mol.